The quantitative estimate of drug-likeness (QED) is 0.734. The number of hydrogen-bond donors (Lipinski definition) is 0. The number of piperidine rings is 1. The van der Waals surface area contributed by atoms with Crippen LogP contribution >= 0.6 is 11.3 Å². The van der Waals surface area contributed by atoms with Gasteiger partial charge in [0.15, 0.2) is 16.6 Å². The molecule has 8 heteroatoms. The van der Waals surface area contributed by atoms with Crippen molar-refractivity contribution in [3.63, 3.8) is 0 Å². The van der Waals surface area contributed by atoms with Crippen molar-refractivity contribution < 1.29 is 4.52 Å². The minimum absolute atomic E-state index is 0.626. The normalized spacial score (nSPS) is 16.6. The number of anilines is 1. The molecule has 0 aromatic carbocycles. The van der Waals surface area contributed by atoms with E-state index in [9.17, 15) is 0 Å². The number of nitrogens with zero attached hydrogens (tertiary/aromatic N) is 6. The molecule has 0 N–H and O–H groups in total. The molecule has 23 heavy (non-hydrogen) atoms. The maximum Gasteiger partial charge on any atom is 0.223 e. The molecule has 7 nitrogen and oxygen atoms in total. The lowest BCUT2D eigenvalue weighted by molar-refractivity contribution is 0.366. The van der Waals surface area contributed by atoms with Gasteiger partial charge in [-0.25, -0.2) is 9.67 Å². The van der Waals surface area contributed by atoms with Crippen LogP contribution in [0, 0.1) is 19.8 Å². The Morgan fingerprint density at radius 1 is 1.22 bits per heavy atom. The molecule has 0 saturated carbocycles. The molecule has 0 unspecified atom stereocenters. The Morgan fingerprint density at radius 3 is 2.65 bits per heavy atom. The van der Waals surface area contributed by atoms with Gasteiger partial charge in [0, 0.05) is 33.5 Å². The molecular weight excluding hydrogens is 312 g/mol. The van der Waals surface area contributed by atoms with Crippen LogP contribution in [0.3, 0.4) is 0 Å². The summed E-state index contributed by atoms with van der Waals surface area (Å²) in [6.45, 7) is 5.95. The van der Waals surface area contributed by atoms with Crippen molar-refractivity contribution in [2.45, 2.75) is 33.1 Å². The molecule has 0 atom stereocenters. The van der Waals surface area contributed by atoms with Gasteiger partial charge >= 0.3 is 0 Å². The average Bonchev–Trinajstić information content (AvgIpc) is 3.20. The number of rotatable bonds is 3. The minimum atomic E-state index is 0.626. The summed E-state index contributed by atoms with van der Waals surface area (Å²) in [6.07, 6.45) is 3.19. The zero-order valence-electron chi connectivity index (χ0n) is 13.6. The molecule has 1 aliphatic heterocycles. The Kier molecular flexibility index (Phi) is 3.56. The van der Waals surface area contributed by atoms with Gasteiger partial charge in [0.2, 0.25) is 5.89 Å². The zero-order chi connectivity index (χ0) is 16.0. The van der Waals surface area contributed by atoms with Gasteiger partial charge in [-0.15, -0.1) is 0 Å². The number of aromatic nitrogens is 5. The van der Waals surface area contributed by atoms with Gasteiger partial charge in [0.05, 0.1) is 10.4 Å². The van der Waals surface area contributed by atoms with E-state index in [1.165, 1.54) is 4.70 Å². The fraction of sp³-hybridized carbons (Fsp3) is 0.600. The molecule has 0 spiro atoms. The molecular formula is C15H20N6OS. The predicted molar refractivity (Wildman–Crippen MR) is 88.8 cm³/mol. The monoisotopic (exact) mass is 332 g/mol. The lowest BCUT2D eigenvalue weighted by Gasteiger charge is -2.31. The first-order valence-electron chi connectivity index (χ1n) is 7.94. The van der Waals surface area contributed by atoms with Crippen LogP contribution in [-0.2, 0) is 13.5 Å². The molecule has 4 heterocycles. The second-order valence-electron chi connectivity index (χ2n) is 6.22. The van der Waals surface area contributed by atoms with Crippen molar-refractivity contribution in [1.82, 2.24) is 24.9 Å². The van der Waals surface area contributed by atoms with Gasteiger partial charge in [-0.2, -0.15) is 10.1 Å². The average molecular weight is 332 g/mol. The van der Waals surface area contributed by atoms with Crippen LogP contribution in [0.1, 0.15) is 30.3 Å². The molecule has 3 aromatic rings. The van der Waals surface area contributed by atoms with Crippen LogP contribution < -0.4 is 4.90 Å². The highest BCUT2D eigenvalue weighted by atomic mass is 32.1. The van der Waals surface area contributed by atoms with Gasteiger partial charge in [-0.3, -0.25) is 0 Å². The van der Waals surface area contributed by atoms with Crippen LogP contribution in [-0.4, -0.2) is 38.0 Å². The van der Waals surface area contributed by atoms with E-state index in [1.807, 2.05) is 25.6 Å². The number of aryl methyl sites for hydroxylation is 3. The van der Waals surface area contributed by atoms with Crippen molar-refractivity contribution in [2.75, 3.05) is 18.0 Å². The van der Waals surface area contributed by atoms with E-state index < -0.39 is 0 Å². The molecule has 4 rings (SSSR count). The predicted octanol–water partition coefficient (Wildman–Crippen LogP) is 2.49. The van der Waals surface area contributed by atoms with Gasteiger partial charge in [0.1, 0.15) is 0 Å². The molecule has 1 aliphatic rings. The standard InChI is InChI=1S/C15H20N6OS/c1-9-13-14(20(3)18-9)17-15(23-13)21-6-4-11(5-7-21)8-12-16-10(2)22-19-12/h11H,4-8H2,1-3H3. The summed E-state index contributed by atoms with van der Waals surface area (Å²) >= 11 is 1.75. The molecule has 1 fully saturated rings. The highest BCUT2D eigenvalue weighted by Gasteiger charge is 2.24. The highest BCUT2D eigenvalue weighted by Crippen LogP contribution is 2.33. The smallest absolute Gasteiger partial charge is 0.223 e. The maximum absolute atomic E-state index is 5.06. The van der Waals surface area contributed by atoms with E-state index in [-0.39, 0.29) is 0 Å². The Labute approximate surface area is 138 Å². The number of hydrogen-bond acceptors (Lipinski definition) is 7. The maximum atomic E-state index is 5.06. The first-order valence-corrected chi connectivity index (χ1v) is 8.76. The molecule has 0 bridgehead atoms. The molecule has 1 saturated heterocycles. The van der Waals surface area contributed by atoms with Crippen LogP contribution in [0.15, 0.2) is 4.52 Å². The Morgan fingerprint density at radius 2 is 2.00 bits per heavy atom. The van der Waals surface area contributed by atoms with Gasteiger partial charge < -0.3 is 9.42 Å². The Bertz CT molecular complexity index is 792. The van der Waals surface area contributed by atoms with E-state index in [1.54, 1.807) is 11.3 Å². The lowest BCUT2D eigenvalue weighted by Crippen LogP contribution is -2.34. The molecule has 3 aromatic heterocycles. The second kappa shape index (κ2) is 5.59. The first-order chi connectivity index (χ1) is 11.1. The van der Waals surface area contributed by atoms with Crippen LogP contribution in [0.2, 0.25) is 0 Å². The highest BCUT2D eigenvalue weighted by molar-refractivity contribution is 7.22. The topological polar surface area (TPSA) is 72.9 Å². The summed E-state index contributed by atoms with van der Waals surface area (Å²) in [5.74, 6) is 2.11. The molecule has 0 amide bonds. The van der Waals surface area contributed by atoms with Crippen LogP contribution in [0.25, 0.3) is 10.3 Å². The fourth-order valence-electron chi connectivity index (χ4n) is 3.22. The lowest BCUT2D eigenvalue weighted by atomic mass is 9.93. The first kappa shape index (κ1) is 14.6. The van der Waals surface area contributed by atoms with Gasteiger partial charge in [-0.1, -0.05) is 16.5 Å². The fourth-order valence-corrected chi connectivity index (χ4v) is 4.30. The van der Waals surface area contributed by atoms with E-state index >= 15 is 0 Å². The number of thiazole rings is 1. The van der Waals surface area contributed by atoms with E-state index in [2.05, 4.69) is 20.1 Å². The minimum Gasteiger partial charge on any atom is -0.348 e. The Hall–Kier alpha value is -1.96. The van der Waals surface area contributed by atoms with E-state index in [0.717, 1.165) is 54.6 Å². The van der Waals surface area contributed by atoms with E-state index in [0.29, 0.717) is 11.8 Å². The number of fused-ring (bicyclic) bond motifs is 1. The zero-order valence-corrected chi connectivity index (χ0v) is 14.4. The third kappa shape index (κ3) is 2.71. The summed E-state index contributed by atoms with van der Waals surface area (Å²) in [6, 6.07) is 0. The van der Waals surface area contributed by atoms with Crippen LogP contribution in [0.5, 0.6) is 0 Å². The third-order valence-corrected chi connectivity index (χ3v) is 5.67. The third-order valence-electron chi connectivity index (χ3n) is 4.46. The van der Waals surface area contributed by atoms with Gasteiger partial charge in [-0.05, 0) is 25.7 Å². The molecule has 0 radical (unpaired) electrons. The Balaban J connectivity index is 1.43. The van der Waals surface area contributed by atoms with Crippen molar-refractivity contribution >= 4 is 26.8 Å². The molecule has 0 aliphatic carbocycles. The van der Waals surface area contributed by atoms with Crippen LogP contribution in [0.4, 0.5) is 5.13 Å². The largest absolute Gasteiger partial charge is 0.348 e. The van der Waals surface area contributed by atoms with Crippen molar-refractivity contribution in [3.05, 3.63) is 17.4 Å². The summed E-state index contributed by atoms with van der Waals surface area (Å²) in [4.78, 5) is 11.5. The van der Waals surface area contributed by atoms with Crippen molar-refractivity contribution in [2.24, 2.45) is 13.0 Å². The summed E-state index contributed by atoms with van der Waals surface area (Å²) in [7, 11) is 1.96. The van der Waals surface area contributed by atoms with E-state index in [4.69, 9.17) is 9.51 Å². The molecule has 122 valence electrons. The van der Waals surface area contributed by atoms with Crippen molar-refractivity contribution in [3.8, 4) is 0 Å². The van der Waals surface area contributed by atoms with Gasteiger partial charge in [0.25, 0.3) is 0 Å². The van der Waals surface area contributed by atoms with Crippen molar-refractivity contribution in [1.29, 1.82) is 0 Å². The SMILES string of the molecule is Cc1nc(CC2CCN(c3nc4c(s3)c(C)nn4C)CC2)no1. The summed E-state index contributed by atoms with van der Waals surface area (Å²) < 4.78 is 8.13. The summed E-state index contributed by atoms with van der Waals surface area (Å²) in [5.41, 5.74) is 2.06. The second-order valence-corrected chi connectivity index (χ2v) is 7.20. The summed E-state index contributed by atoms with van der Waals surface area (Å²) in [5, 5.41) is 9.54.